The molecule has 1 aromatic rings. The molecule has 0 heterocycles. The van der Waals surface area contributed by atoms with Gasteiger partial charge in [0, 0.05) is 16.8 Å². The van der Waals surface area contributed by atoms with Crippen LogP contribution in [0, 0.1) is 5.92 Å². The summed E-state index contributed by atoms with van der Waals surface area (Å²) >= 11 is 5.90. The summed E-state index contributed by atoms with van der Waals surface area (Å²) in [6.45, 7) is 6.43. The third-order valence-electron chi connectivity index (χ3n) is 2.61. The lowest BCUT2D eigenvalue weighted by atomic mass is 10.0. The second-order valence-electron chi connectivity index (χ2n) is 4.86. The summed E-state index contributed by atoms with van der Waals surface area (Å²) in [4.78, 5) is 11.7. The first-order valence-corrected chi connectivity index (χ1v) is 6.46. The van der Waals surface area contributed by atoms with Gasteiger partial charge in [-0.1, -0.05) is 25.4 Å². The van der Waals surface area contributed by atoms with Crippen molar-refractivity contribution in [2.75, 3.05) is 12.4 Å². The van der Waals surface area contributed by atoms with Crippen molar-refractivity contribution >= 4 is 23.3 Å². The quantitative estimate of drug-likeness (QED) is 0.822. The molecule has 0 bridgehead atoms. The van der Waals surface area contributed by atoms with Crippen LogP contribution in [0.3, 0.4) is 0 Å². The van der Waals surface area contributed by atoms with E-state index in [-0.39, 0.29) is 12.0 Å². The molecule has 0 amide bonds. The van der Waals surface area contributed by atoms with Gasteiger partial charge in [0.05, 0.1) is 12.7 Å². The van der Waals surface area contributed by atoms with Crippen molar-refractivity contribution in [3.05, 3.63) is 28.8 Å². The molecule has 0 radical (unpaired) electrons. The molecule has 0 aliphatic carbocycles. The summed E-state index contributed by atoms with van der Waals surface area (Å²) in [5, 5.41) is 3.85. The van der Waals surface area contributed by atoms with Crippen molar-refractivity contribution in [2.45, 2.75) is 33.2 Å². The van der Waals surface area contributed by atoms with E-state index in [9.17, 15) is 4.79 Å². The first-order valence-electron chi connectivity index (χ1n) is 6.08. The van der Waals surface area contributed by atoms with Gasteiger partial charge in [-0.05, 0) is 37.5 Å². The molecule has 1 rings (SSSR count). The molecule has 1 atom stereocenters. The van der Waals surface area contributed by atoms with Crippen LogP contribution in [-0.4, -0.2) is 19.1 Å². The van der Waals surface area contributed by atoms with Crippen LogP contribution >= 0.6 is 11.6 Å². The number of ether oxygens (including phenoxy) is 1. The standard InChI is InChI=1S/C14H20ClNO2/c1-9(2)7-10(3)16-13-6-5-11(15)8-12(13)14(17)18-4/h5-6,8-10,16H,7H2,1-4H3. The molecule has 0 aromatic heterocycles. The number of anilines is 1. The van der Waals surface area contributed by atoms with E-state index in [1.165, 1.54) is 7.11 Å². The number of hydrogen-bond donors (Lipinski definition) is 1. The second kappa shape index (κ2) is 6.64. The molecule has 0 fully saturated rings. The molecule has 18 heavy (non-hydrogen) atoms. The summed E-state index contributed by atoms with van der Waals surface area (Å²) in [6, 6.07) is 5.48. The van der Waals surface area contributed by atoms with Gasteiger partial charge < -0.3 is 10.1 Å². The lowest BCUT2D eigenvalue weighted by molar-refractivity contribution is 0.0602. The lowest BCUT2D eigenvalue weighted by Crippen LogP contribution is -2.19. The Hall–Kier alpha value is -1.22. The van der Waals surface area contributed by atoms with Crippen LogP contribution in [-0.2, 0) is 4.74 Å². The van der Waals surface area contributed by atoms with Crippen LogP contribution in [0.5, 0.6) is 0 Å². The number of hydrogen-bond acceptors (Lipinski definition) is 3. The molecule has 0 aliphatic heterocycles. The number of carbonyl (C=O) groups excluding carboxylic acids is 1. The Balaban J connectivity index is 2.90. The van der Waals surface area contributed by atoms with E-state index in [0.717, 1.165) is 12.1 Å². The Bertz CT molecular complexity index is 418. The minimum Gasteiger partial charge on any atom is -0.465 e. The zero-order chi connectivity index (χ0) is 13.7. The van der Waals surface area contributed by atoms with Crippen molar-refractivity contribution in [2.24, 2.45) is 5.92 Å². The molecule has 0 aliphatic rings. The van der Waals surface area contributed by atoms with Gasteiger partial charge in [-0.15, -0.1) is 0 Å². The van der Waals surface area contributed by atoms with Crippen molar-refractivity contribution < 1.29 is 9.53 Å². The predicted octanol–water partition coefficient (Wildman–Crippen LogP) is 3.97. The van der Waals surface area contributed by atoms with Gasteiger partial charge >= 0.3 is 5.97 Å². The number of carbonyl (C=O) groups is 1. The molecule has 1 unspecified atom stereocenters. The summed E-state index contributed by atoms with van der Waals surface area (Å²) in [5.74, 6) is 0.220. The minimum absolute atomic E-state index is 0.287. The average Bonchev–Trinajstić information content (AvgIpc) is 2.29. The zero-order valence-corrected chi connectivity index (χ0v) is 12.0. The van der Waals surface area contributed by atoms with Gasteiger partial charge in [0.25, 0.3) is 0 Å². The van der Waals surface area contributed by atoms with Crippen molar-refractivity contribution in [1.29, 1.82) is 0 Å². The third-order valence-corrected chi connectivity index (χ3v) is 2.85. The molecule has 0 spiro atoms. The number of methoxy groups -OCH3 is 1. The van der Waals surface area contributed by atoms with Crippen molar-refractivity contribution in [3.63, 3.8) is 0 Å². The van der Waals surface area contributed by atoms with E-state index in [0.29, 0.717) is 16.5 Å². The summed E-state index contributed by atoms with van der Waals surface area (Å²) in [5.41, 5.74) is 1.24. The maximum atomic E-state index is 11.7. The molecule has 0 saturated heterocycles. The van der Waals surface area contributed by atoms with E-state index in [1.54, 1.807) is 12.1 Å². The van der Waals surface area contributed by atoms with Crippen LogP contribution < -0.4 is 5.32 Å². The molecule has 1 N–H and O–H groups in total. The highest BCUT2D eigenvalue weighted by Gasteiger charge is 2.14. The number of nitrogens with one attached hydrogen (secondary N) is 1. The van der Waals surface area contributed by atoms with E-state index in [2.05, 4.69) is 26.1 Å². The van der Waals surface area contributed by atoms with Crippen molar-refractivity contribution in [1.82, 2.24) is 0 Å². The summed E-state index contributed by atoms with van der Waals surface area (Å²) in [7, 11) is 1.37. The van der Waals surface area contributed by atoms with Crippen LogP contribution in [0.25, 0.3) is 0 Å². The van der Waals surface area contributed by atoms with Crippen LogP contribution in [0.15, 0.2) is 18.2 Å². The maximum absolute atomic E-state index is 11.7. The first kappa shape index (κ1) is 14.8. The lowest BCUT2D eigenvalue weighted by Gasteiger charge is -2.19. The van der Waals surface area contributed by atoms with E-state index in [4.69, 9.17) is 16.3 Å². The van der Waals surface area contributed by atoms with Gasteiger partial charge in [-0.3, -0.25) is 0 Å². The number of halogens is 1. The fourth-order valence-electron chi connectivity index (χ4n) is 1.95. The topological polar surface area (TPSA) is 38.3 Å². The molecule has 100 valence electrons. The molecular weight excluding hydrogens is 250 g/mol. The van der Waals surface area contributed by atoms with E-state index >= 15 is 0 Å². The van der Waals surface area contributed by atoms with Gasteiger partial charge in [-0.2, -0.15) is 0 Å². The fourth-order valence-corrected chi connectivity index (χ4v) is 2.12. The number of esters is 1. The van der Waals surface area contributed by atoms with E-state index in [1.807, 2.05) is 6.07 Å². The number of benzene rings is 1. The third kappa shape index (κ3) is 4.22. The Labute approximate surface area is 113 Å². The average molecular weight is 270 g/mol. The zero-order valence-electron chi connectivity index (χ0n) is 11.3. The smallest absolute Gasteiger partial charge is 0.340 e. The van der Waals surface area contributed by atoms with E-state index < -0.39 is 0 Å². The van der Waals surface area contributed by atoms with Crippen LogP contribution in [0.4, 0.5) is 5.69 Å². The van der Waals surface area contributed by atoms with Crippen molar-refractivity contribution in [3.8, 4) is 0 Å². The highest BCUT2D eigenvalue weighted by Crippen LogP contribution is 2.23. The Morgan fingerprint density at radius 2 is 2.06 bits per heavy atom. The second-order valence-corrected chi connectivity index (χ2v) is 5.29. The molecule has 0 saturated carbocycles. The Kier molecular flexibility index (Phi) is 5.48. The summed E-state index contributed by atoms with van der Waals surface area (Å²) in [6.07, 6.45) is 1.03. The van der Waals surface area contributed by atoms with Crippen LogP contribution in [0.1, 0.15) is 37.6 Å². The summed E-state index contributed by atoms with van der Waals surface area (Å²) < 4.78 is 4.76. The van der Waals surface area contributed by atoms with Crippen LogP contribution in [0.2, 0.25) is 5.02 Å². The SMILES string of the molecule is COC(=O)c1cc(Cl)ccc1NC(C)CC(C)C. The predicted molar refractivity (Wildman–Crippen MR) is 75.3 cm³/mol. The molecule has 4 heteroatoms. The maximum Gasteiger partial charge on any atom is 0.340 e. The molecular formula is C14H20ClNO2. The molecule has 1 aromatic carbocycles. The monoisotopic (exact) mass is 269 g/mol. The van der Waals surface area contributed by atoms with Gasteiger partial charge in [-0.25, -0.2) is 4.79 Å². The van der Waals surface area contributed by atoms with Gasteiger partial charge in [0.1, 0.15) is 0 Å². The Morgan fingerprint density at radius 1 is 1.39 bits per heavy atom. The first-order chi connectivity index (χ1) is 8.43. The highest BCUT2D eigenvalue weighted by molar-refractivity contribution is 6.31. The Morgan fingerprint density at radius 3 is 2.61 bits per heavy atom. The number of rotatable bonds is 5. The molecule has 3 nitrogen and oxygen atoms in total. The largest absolute Gasteiger partial charge is 0.465 e. The fraction of sp³-hybridized carbons (Fsp3) is 0.500. The minimum atomic E-state index is -0.378. The highest BCUT2D eigenvalue weighted by atomic mass is 35.5. The normalized spacial score (nSPS) is 12.3. The van der Waals surface area contributed by atoms with Gasteiger partial charge in [0.2, 0.25) is 0 Å². The van der Waals surface area contributed by atoms with Gasteiger partial charge in [0.15, 0.2) is 0 Å².